The highest BCUT2D eigenvalue weighted by Gasteiger charge is 2.36. The fraction of sp³-hybridized carbons (Fsp3) is 0.0833. The van der Waals surface area contributed by atoms with E-state index in [1.54, 1.807) is 54.6 Å². The number of para-hydroxylation sites is 1. The number of rotatable bonds is 7. The molecule has 1 aliphatic rings. The van der Waals surface area contributed by atoms with Gasteiger partial charge >= 0.3 is 0 Å². The van der Waals surface area contributed by atoms with Crippen LogP contribution in [0.1, 0.15) is 16.7 Å². The molecule has 1 saturated heterocycles. The lowest BCUT2D eigenvalue weighted by molar-refractivity contribution is -0.385. The van der Waals surface area contributed by atoms with Crippen LogP contribution in [0.25, 0.3) is 6.08 Å². The zero-order valence-electron chi connectivity index (χ0n) is 17.1. The summed E-state index contributed by atoms with van der Waals surface area (Å²) >= 11 is 0.766. The largest absolute Gasteiger partial charge is 0.489 e. The van der Waals surface area contributed by atoms with Crippen LogP contribution in [0.15, 0.2) is 77.7 Å². The molecule has 0 saturated carbocycles. The summed E-state index contributed by atoms with van der Waals surface area (Å²) in [5.41, 5.74) is 1.16. The highest BCUT2D eigenvalue weighted by molar-refractivity contribution is 8.18. The van der Waals surface area contributed by atoms with Gasteiger partial charge in [-0.1, -0.05) is 48.5 Å². The maximum atomic E-state index is 13.8. The molecule has 1 fully saturated rings. The van der Waals surface area contributed by atoms with Gasteiger partial charge in [0.15, 0.2) is 0 Å². The van der Waals surface area contributed by atoms with Crippen molar-refractivity contribution in [2.75, 3.05) is 0 Å². The average molecular weight is 464 g/mol. The molecule has 7 nitrogen and oxygen atoms in total. The summed E-state index contributed by atoms with van der Waals surface area (Å²) < 4.78 is 19.4. The summed E-state index contributed by atoms with van der Waals surface area (Å²) in [4.78, 5) is 37.1. The van der Waals surface area contributed by atoms with Crippen LogP contribution in [0.2, 0.25) is 0 Å². The number of carbonyl (C=O) groups is 2. The van der Waals surface area contributed by atoms with Gasteiger partial charge in [-0.2, -0.15) is 0 Å². The predicted octanol–water partition coefficient (Wildman–Crippen LogP) is 5.55. The van der Waals surface area contributed by atoms with E-state index in [0.29, 0.717) is 16.9 Å². The van der Waals surface area contributed by atoms with Crippen LogP contribution in [0.5, 0.6) is 5.75 Å². The van der Waals surface area contributed by atoms with Crippen LogP contribution in [0.4, 0.5) is 14.9 Å². The Balaban J connectivity index is 1.49. The highest BCUT2D eigenvalue weighted by atomic mass is 32.2. The number of amides is 2. The minimum Gasteiger partial charge on any atom is -0.489 e. The van der Waals surface area contributed by atoms with Gasteiger partial charge in [-0.15, -0.1) is 0 Å². The molecule has 9 heteroatoms. The molecular formula is C24H17FN2O5S. The van der Waals surface area contributed by atoms with E-state index in [1.807, 2.05) is 0 Å². The normalized spacial score (nSPS) is 14.7. The van der Waals surface area contributed by atoms with Crippen LogP contribution in [-0.2, 0) is 17.9 Å². The summed E-state index contributed by atoms with van der Waals surface area (Å²) in [6, 6.07) is 19.1. The number of nitro benzene ring substituents is 1. The smallest absolute Gasteiger partial charge is 0.293 e. The topological polar surface area (TPSA) is 89.8 Å². The summed E-state index contributed by atoms with van der Waals surface area (Å²) in [5, 5.41) is 10.7. The molecule has 0 bridgehead atoms. The molecule has 166 valence electrons. The molecule has 0 radical (unpaired) electrons. The van der Waals surface area contributed by atoms with Crippen molar-refractivity contribution in [3.8, 4) is 5.75 Å². The monoisotopic (exact) mass is 464 g/mol. The van der Waals surface area contributed by atoms with Gasteiger partial charge in [0.25, 0.3) is 16.8 Å². The Morgan fingerprint density at radius 3 is 2.48 bits per heavy atom. The summed E-state index contributed by atoms with van der Waals surface area (Å²) in [7, 11) is 0. The number of nitro groups is 1. The van der Waals surface area contributed by atoms with Crippen molar-refractivity contribution in [1.29, 1.82) is 0 Å². The van der Waals surface area contributed by atoms with Gasteiger partial charge in [-0.3, -0.25) is 24.6 Å². The fourth-order valence-corrected chi connectivity index (χ4v) is 4.09. The molecule has 3 aromatic carbocycles. The van der Waals surface area contributed by atoms with Gasteiger partial charge in [0.1, 0.15) is 18.2 Å². The van der Waals surface area contributed by atoms with Crippen LogP contribution in [0, 0.1) is 15.9 Å². The third kappa shape index (κ3) is 5.09. The number of halogens is 1. The molecule has 4 rings (SSSR count). The first-order chi connectivity index (χ1) is 15.9. The zero-order chi connectivity index (χ0) is 23.4. The number of imide groups is 1. The molecule has 1 aliphatic heterocycles. The van der Waals surface area contributed by atoms with Gasteiger partial charge < -0.3 is 4.74 Å². The highest BCUT2D eigenvalue weighted by Crippen LogP contribution is 2.34. The molecule has 0 N–H and O–H groups in total. The molecule has 1 heterocycles. The zero-order valence-corrected chi connectivity index (χ0v) is 18.0. The van der Waals surface area contributed by atoms with Crippen LogP contribution < -0.4 is 4.74 Å². The fourth-order valence-electron chi connectivity index (χ4n) is 3.25. The van der Waals surface area contributed by atoms with Crippen molar-refractivity contribution in [2.24, 2.45) is 0 Å². The van der Waals surface area contributed by atoms with E-state index in [-0.39, 0.29) is 35.1 Å². The Bertz CT molecular complexity index is 1280. The summed E-state index contributed by atoms with van der Waals surface area (Å²) in [6.07, 6.45) is 1.56. The number of hydrogen-bond donors (Lipinski definition) is 0. The first kappa shape index (κ1) is 22.2. The average Bonchev–Trinajstić information content (AvgIpc) is 3.06. The van der Waals surface area contributed by atoms with E-state index in [2.05, 4.69) is 0 Å². The van der Waals surface area contributed by atoms with Crippen molar-refractivity contribution >= 4 is 34.7 Å². The molecular weight excluding hydrogens is 447 g/mol. The van der Waals surface area contributed by atoms with E-state index in [0.717, 1.165) is 16.7 Å². The van der Waals surface area contributed by atoms with Gasteiger partial charge in [-0.05, 0) is 41.6 Å². The van der Waals surface area contributed by atoms with E-state index < -0.39 is 16.1 Å². The molecule has 0 aliphatic carbocycles. The molecule has 0 aromatic heterocycles. The van der Waals surface area contributed by atoms with Gasteiger partial charge in [0.2, 0.25) is 0 Å². The van der Waals surface area contributed by atoms with Crippen molar-refractivity contribution in [3.63, 3.8) is 0 Å². The van der Waals surface area contributed by atoms with Gasteiger partial charge in [-0.25, -0.2) is 4.39 Å². The lowest BCUT2D eigenvalue weighted by Gasteiger charge is -2.12. The van der Waals surface area contributed by atoms with E-state index >= 15 is 0 Å². The Morgan fingerprint density at radius 2 is 1.73 bits per heavy atom. The summed E-state index contributed by atoms with van der Waals surface area (Å²) in [6.45, 7) is -0.145. The minimum absolute atomic E-state index is 0.0441. The third-order valence-corrected chi connectivity index (χ3v) is 5.81. The Morgan fingerprint density at radius 1 is 1.00 bits per heavy atom. The molecule has 0 atom stereocenters. The molecule has 3 aromatic rings. The standard InChI is InChI=1S/C24H17FN2O5S/c25-20-10-3-1-8-18(20)15-32-19-9-5-6-16(12-19)13-22-23(28)26(24(29)33-22)14-17-7-2-4-11-21(17)27(30)31/h1-13H,14-15H2/b22-13+. The molecule has 0 spiro atoms. The SMILES string of the molecule is O=C1S/C(=C/c2cccc(OCc3ccccc3F)c2)C(=O)N1Cc1ccccc1[N+](=O)[O-]. The van der Waals surface area contributed by atoms with Crippen molar-refractivity contribution in [3.05, 3.63) is 110 Å². The number of hydrogen-bond acceptors (Lipinski definition) is 6. The van der Waals surface area contributed by atoms with Gasteiger partial charge in [0, 0.05) is 17.2 Å². The van der Waals surface area contributed by atoms with Crippen LogP contribution in [-0.4, -0.2) is 21.0 Å². The lowest BCUT2D eigenvalue weighted by Crippen LogP contribution is -2.27. The predicted molar refractivity (Wildman–Crippen MR) is 122 cm³/mol. The van der Waals surface area contributed by atoms with E-state index in [1.165, 1.54) is 24.3 Å². The van der Waals surface area contributed by atoms with Crippen LogP contribution in [0.3, 0.4) is 0 Å². The Hall–Kier alpha value is -3.98. The molecule has 2 amide bonds. The lowest BCUT2D eigenvalue weighted by atomic mass is 10.1. The Kier molecular flexibility index (Phi) is 6.50. The molecule has 0 unspecified atom stereocenters. The third-order valence-electron chi connectivity index (χ3n) is 4.90. The number of benzene rings is 3. The number of carbonyl (C=O) groups excluding carboxylic acids is 2. The second-order valence-corrected chi connectivity index (χ2v) is 8.10. The van der Waals surface area contributed by atoms with E-state index in [9.17, 15) is 24.1 Å². The van der Waals surface area contributed by atoms with Gasteiger partial charge in [0.05, 0.1) is 16.4 Å². The number of thioether (sulfide) groups is 1. The second-order valence-electron chi connectivity index (χ2n) is 7.11. The molecule has 33 heavy (non-hydrogen) atoms. The second kappa shape index (κ2) is 9.66. The first-order valence-electron chi connectivity index (χ1n) is 9.86. The van der Waals surface area contributed by atoms with Crippen LogP contribution >= 0.6 is 11.8 Å². The quantitative estimate of drug-likeness (QED) is 0.259. The first-order valence-corrected chi connectivity index (χ1v) is 10.7. The van der Waals surface area contributed by atoms with E-state index in [4.69, 9.17) is 4.74 Å². The van der Waals surface area contributed by atoms with Crippen molar-refractivity contribution in [1.82, 2.24) is 4.90 Å². The van der Waals surface area contributed by atoms with Crippen molar-refractivity contribution in [2.45, 2.75) is 13.2 Å². The maximum absolute atomic E-state index is 13.8. The number of nitrogens with zero attached hydrogens (tertiary/aromatic N) is 2. The Labute approximate surface area is 192 Å². The summed E-state index contributed by atoms with van der Waals surface area (Å²) in [5.74, 6) is -0.409. The van der Waals surface area contributed by atoms with Crippen molar-refractivity contribution < 1.29 is 23.6 Å². The number of ether oxygens (including phenoxy) is 1. The maximum Gasteiger partial charge on any atom is 0.293 e. The minimum atomic E-state index is -0.545.